The lowest BCUT2D eigenvalue weighted by atomic mass is 10.1. The molecule has 1 heterocycles. The van der Waals surface area contributed by atoms with E-state index >= 15 is 0 Å². The van der Waals surface area contributed by atoms with Crippen molar-refractivity contribution in [2.45, 2.75) is 31.6 Å². The van der Waals surface area contributed by atoms with Crippen LogP contribution in [0, 0.1) is 0 Å². The highest BCUT2D eigenvalue weighted by atomic mass is 32.2. The van der Waals surface area contributed by atoms with Crippen molar-refractivity contribution in [2.24, 2.45) is 0 Å². The van der Waals surface area contributed by atoms with E-state index in [9.17, 15) is 18.0 Å². The topological polar surface area (TPSA) is 84.0 Å². The highest BCUT2D eigenvalue weighted by Gasteiger charge is 2.41. The van der Waals surface area contributed by atoms with E-state index in [4.69, 9.17) is 4.74 Å². The number of hydrogen-bond acceptors (Lipinski definition) is 5. The third-order valence-corrected chi connectivity index (χ3v) is 6.17. The Kier molecular flexibility index (Phi) is 5.42. The number of urea groups is 1. The SMILES string of the molecule is CCCc1ccc(N2C(=O)N(C)c3cc(OCC(C)=O)ccc3S2(=O)=O)cc1. The highest BCUT2D eigenvalue weighted by molar-refractivity contribution is 7.94. The molecule has 2 amide bonds. The van der Waals surface area contributed by atoms with Crippen molar-refractivity contribution in [3.05, 3.63) is 48.0 Å². The molecule has 0 aromatic heterocycles. The molecule has 0 saturated heterocycles. The summed E-state index contributed by atoms with van der Waals surface area (Å²) in [5.74, 6) is 0.161. The molecule has 0 bridgehead atoms. The van der Waals surface area contributed by atoms with Gasteiger partial charge in [-0.15, -0.1) is 0 Å². The van der Waals surface area contributed by atoms with Crippen LogP contribution >= 0.6 is 0 Å². The zero-order valence-electron chi connectivity index (χ0n) is 16.0. The average molecular weight is 402 g/mol. The Balaban J connectivity index is 2.01. The number of Topliss-reactive ketones (excluding diaryl/α,β-unsaturated/α-hetero) is 1. The summed E-state index contributed by atoms with van der Waals surface area (Å²) < 4.78 is 32.4. The van der Waals surface area contributed by atoms with Crippen LogP contribution in [-0.4, -0.2) is 33.9 Å². The van der Waals surface area contributed by atoms with Gasteiger partial charge in [0.2, 0.25) is 0 Å². The summed E-state index contributed by atoms with van der Waals surface area (Å²) in [6.07, 6.45) is 1.86. The van der Waals surface area contributed by atoms with Crippen molar-refractivity contribution >= 4 is 33.2 Å². The normalized spacial score (nSPS) is 15.3. The van der Waals surface area contributed by atoms with Crippen LogP contribution in [0.1, 0.15) is 25.8 Å². The molecule has 0 atom stereocenters. The largest absolute Gasteiger partial charge is 0.486 e. The average Bonchev–Trinajstić information content (AvgIpc) is 2.66. The van der Waals surface area contributed by atoms with Crippen molar-refractivity contribution in [3.63, 3.8) is 0 Å². The van der Waals surface area contributed by atoms with E-state index in [0.717, 1.165) is 22.7 Å². The molecule has 28 heavy (non-hydrogen) atoms. The Labute approximate surface area is 164 Å². The van der Waals surface area contributed by atoms with Crippen LogP contribution in [0.3, 0.4) is 0 Å². The molecular weight excluding hydrogens is 380 g/mol. The van der Waals surface area contributed by atoms with E-state index in [2.05, 4.69) is 6.92 Å². The molecular formula is C20H22N2O5S. The Morgan fingerprint density at radius 2 is 1.79 bits per heavy atom. The van der Waals surface area contributed by atoms with Crippen LogP contribution < -0.4 is 13.9 Å². The van der Waals surface area contributed by atoms with Gasteiger partial charge in [-0.2, -0.15) is 4.31 Å². The maximum atomic E-state index is 13.1. The van der Waals surface area contributed by atoms with Crippen LogP contribution in [-0.2, 0) is 21.2 Å². The van der Waals surface area contributed by atoms with Crippen LogP contribution in [0.5, 0.6) is 5.75 Å². The van der Waals surface area contributed by atoms with Gasteiger partial charge in [-0.25, -0.2) is 13.2 Å². The lowest BCUT2D eigenvalue weighted by molar-refractivity contribution is -0.118. The number of sulfonamides is 1. The minimum absolute atomic E-state index is 0.00223. The van der Waals surface area contributed by atoms with Gasteiger partial charge in [0.1, 0.15) is 17.3 Å². The van der Waals surface area contributed by atoms with Gasteiger partial charge < -0.3 is 4.74 Å². The third kappa shape index (κ3) is 3.60. The number of carbonyl (C=O) groups excluding carboxylic acids is 2. The van der Waals surface area contributed by atoms with Gasteiger partial charge in [0.05, 0.1) is 11.4 Å². The molecule has 0 saturated carbocycles. The first-order valence-corrected chi connectivity index (χ1v) is 10.4. The summed E-state index contributed by atoms with van der Waals surface area (Å²) in [7, 11) is -2.57. The molecule has 1 aliphatic rings. The Morgan fingerprint density at radius 3 is 2.39 bits per heavy atom. The summed E-state index contributed by atoms with van der Waals surface area (Å²) in [5.41, 5.74) is 1.58. The molecule has 0 N–H and O–H groups in total. The maximum absolute atomic E-state index is 13.1. The van der Waals surface area contributed by atoms with E-state index in [1.165, 1.54) is 37.1 Å². The molecule has 148 valence electrons. The van der Waals surface area contributed by atoms with Gasteiger partial charge in [-0.05, 0) is 43.2 Å². The first kappa shape index (κ1) is 19.9. The molecule has 0 spiro atoms. The Bertz CT molecular complexity index is 1020. The maximum Gasteiger partial charge on any atom is 0.342 e. The summed E-state index contributed by atoms with van der Waals surface area (Å²) in [6.45, 7) is 3.33. The fourth-order valence-electron chi connectivity index (χ4n) is 3.03. The minimum Gasteiger partial charge on any atom is -0.486 e. The van der Waals surface area contributed by atoms with E-state index in [0.29, 0.717) is 11.4 Å². The molecule has 3 rings (SSSR count). The second-order valence-electron chi connectivity index (χ2n) is 6.65. The predicted molar refractivity (Wildman–Crippen MR) is 107 cm³/mol. The van der Waals surface area contributed by atoms with Gasteiger partial charge in [0.25, 0.3) is 10.0 Å². The number of hydrogen-bond donors (Lipinski definition) is 0. The molecule has 2 aromatic rings. The number of anilines is 2. The second kappa shape index (κ2) is 7.63. The van der Waals surface area contributed by atoms with Crippen LogP contribution in [0.25, 0.3) is 0 Å². The number of rotatable bonds is 6. The van der Waals surface area contributed by atoms with E-state index in [1.54, 1.807) is 12.1 Å². The van der Waals surface area contributed by atoms with Crippen LogP contribution in [0.2, 0.25) is 0 Å². The number of benzene rings is 2. The van der Waals surface area contributed by atoms with E-state index in [1.807, 2.05) is 12.1 Å². The summed E-state index contributed by atoms with van der Waals surface area (Å²) in [5, 5.41) is 0. The number of amides is 2. The van der Waals surface area contributed by atoms with Crippen molar-refractivity contribution in [1.82, 2.24) is 0 Å². The zero-order chi connectivity index (χ0) is 20.5. The van der Waals surface area contributed by atoms with E-state index < -0.39 is 16.1 Å². The van der Waals surface area contributed by atoms with Crippen LogP contribution in [0.15, 0.2) is 47.4 Å². The first-order valence-electron chi connectivity index (χ1n) is 8.94. The van der Waals surface area contributed by atoms with Gasteiger partial charge in [0, 0.05) is 13.1 Å². The number of nitrogens with zero attached hydrogens (tertiary/aromatic N) is 2. The Hall–Kier alpha value is -2.87. The third-order valence-electron chi connectivity index (χ3n) is 4.42. The van der Waals surface area contributed by atoms with Crippen molar-refractivity contribution in [2.75, 3.05) is 22.9 Å². The van der Waals surface area contributed by atoms with Gasteiger partial charge >= 0.3 is 6.03 Å². The fraction of sp³-hybridized carbons (Fsp3) is 0.300. The second-order valence-corrected chi connectivity index (χ2v) is 8.40. The summed E-state index contributed by atoms with van der Waals surface area (Å²) in [4.78, 5) is 25.2. The van der Waals surface area contributed by atoms with Gasteiger partial charge in [0.15, 0.2) is 5.78 Å². The molecule has 7 nitrogen and oxygen atoms in total. The van der Waals surface area contributed by atoms with Crippen LogP contribution in [0.4, 0.5) is 16.2 Å². The van der Waals surface area contributed by atoms with Gasteiger partial charge in [-0.3, -0.25) is 9.69 Å². The smallest absolute Gasteiger partial charge is 0.342 e. The van der Waals surface area contributed by atoms with Crippen molar-refractivity contribution in [1.29, 1.82) is 0 Å². The number of fused-ring (bicyclic) bond motifs is 1. The van der Waals surface area contributed by atoms with Crippen molar-refractivity contribution < 1.29 is 22.7 Å². The molecule has 0 radical (unpaired) electrons. The van der Waals surface area contributed by atoms with Crippen molar-refractivity contribution in [3.8, 4) is 5.75 Å². The summed E-state index contributed by atoms with van der Waals surface area (Å²) in [6, 6.07) is 10.6. The Morgan fingerprint density at radius 1 is 1.11 bits per heavy atom. The van der Waals surface area contributed by atoms with E-state index in [-0.39, 0.29) is 23.0 Å². The predicted octanol–water partition coefficient (Wildman–Crippen LogP) is 3.37. The molecule has 0 aliphatic carbocycles. The highest BCUT2D eigenvalue weighted by Crippen LogP contribution is 2.38. The molecule has 1 aliphatic heterocycles. The standard InChI is InChI=1S/C20H22N2O5S/c1-4-5-15-6-8-16(9-7-15)22-20(24)21(3)18-12-17(27-13-14(2)23)10-11-19(18)28(22,25)26/h6-12H,4-5,13H2,1-3H3. The summed E-state index contributed by atoms with van der Waals surface area (Å²) >= 11 is 0. The zero-order valence-corrected chi connectivity index (χ0v) is 16.8. The fourth-order valence-corrected chi connectivity index (χ4v) is 4.65. The number of ether oxygens (including phenoxy) is 1. The quantitative estimate of drug-likeness (QED) is 0.740. The number of aryl methyl sites for hydroxylation is 1. The first-order chi connectivity index (χ1) is 13.3. The molecule has 0 unspecified atom stereocenters. The lowest BCUT2D eigenvalue weighted by Crippen LogP contribution is -2.49. The molecule has 8 heteroatoms. The monoisotopic (exact) mass is 402 g/mol. The number of carbonyl (C=O) groups is 2. The molecule has 0 fully saturated rings. The number of ketones is 1. The lowest BCUT2D eigenvalue weighted by Gasteiger charge is -2.34. The van der Waals surface area contributed by atoms with Gasteiger partial charge in [-0.1, -0.05) is 25.5 Å². The minimum atomic E-state index is -4.07. The molecule has 2 aromatic carbocycles.